The molecule has 1 aliphatic carbocycles. The summed E-state index contributed by atoms with van der Waals surface area (Å²) >= 11 is 12.1. The Morgan fingerprint density at radius 2 is 1.68 bits per heavy atom. The summed E-state index contributed by atoms with van der Waals surface area (Å²) in [5, 5.41) is 3.48. The molecule has 4 rings (SSSR count). The van der Waals surface area contributed by atoms with Gasteiger partial charge in [0.1, 0.15) is 4.90 Å². The van der Waals surface area contributed by atoms with Crippen LogP contribution in [0.2, 0.25) is 10.0 Å². The summed E-state index contributed by atoms with van der Waals surface area (Å²) in [5.74, 6) is 0.292. The van der Waals surface area contributed by atoms with Crippen LogP contribution in [0.1, 0.15) is 42.9 Å². The molecule has 0 aromatic heterocycles. The van der Waals surface area contributed by atoms with Gasteiger partial charge in [-0.3, -0.25) is 4.79 Å². The molecule has 31 heavy (non-hydrogen) atoms. The maximum Gasteiger partial charge on any atom is 0.244 e. The Hall–Kier alpha value is -1.60. The summed E-state index contributed by atoms with van der Waals surface area (Å²) < 4.78 is 27.4. The van der Waals surface area contributed by atoms with Crippen LogP contribution in [0.3, 0.4) is 0 Å². The van der Waals surface area contributed by atoms with Gasteiger partial charge in [-0.25, -0.2) is 8.42 Å². The number of halogens is 2. The van der Waals surface area contributed by atoms with Crippen molar-refractivity contribution in [2.45, 2.75) is 43.5 Å². The third-order valence-corrected chi connectivity index (χ3v) is 9.06. The molecule has 2 fully saturated rings. The average Bonchev–Trinajstić information content (AvgIpc) is 3.60. The highest BCUT2D eigenvalue weighted by Gasteiger charge is 2.37. The number of aryl methyl sites for hydroxylation is 1. The molecule has 2 aromatic rings. The van der Waals surface area contributed by atoms with Crippen molar-refractivity contribution in [1.29, 1.82) is 0 Å². The molecule has 0 spiro atoms. The fraction of sp³-hybridized carbons (Fsp3) is 0.435. The molecular formula is C23H26Cl2N2O3S. The Morgan fingerprint density at radius 3 is 2.29 bits per heavy atom. The third-order valence-electron chi connectivity index (χ3n) is 6.19. The van der Waals surface area contributed by atoms with Crippen LogP contribution in [-0.2, 0) is 14.8 Å². The van der Waals surface area contributed by atoms with Gasteiger partial charge in [0, 0.05) is 19.0 Å². The van der Waals surface area contributed by atoms with E-state index in [0.717, 1.165) is 18.4 Å². The number of hydrogen-bond donors (Lipinski definition) is 1. The molecule has 1 N–H and O–H groups in total. The molecule has 2 aliphatic rings. The molecule has 0 radical (unpaired) electrons. The van der Waals surface area contributed by atoms with Gasteiger partial charge in [-0.2, -0.15) is 4.31 Å². The van der Waals surface area contributed by atoms with Crippen molar-refractivity contribution >= 4 is 39.1 Å². The van der Waals surface area contributed by atoms with Crippen molar-refractivity contribution in [3.05, 3.63) is 63.6 Å². The molecule has 166 valence electrons. The minimum absolute atomic E-state index is 0.00955. The van der Waals surface area contributed by atoms with Crippen molar-refractivity contribution < 1.29 is 13.2 Å². The summed E-state index contributed by atoms with van der Waals surface area (Å²) in [6.07, 6.45) is 3.20. The van der Waals surface area contributed by atoms with E-state index in [1.54, 1.807) is 12.1 Å². The summed E-state index contributed by atoms with van der Waals surface area (Å²) in [4.78, 5) is 13.0. The van der Waals surface area contributed by atoms with Gasteiger partial charge in [-0.1, -0.05) is 59.1 Å². The lowest BCUT2D eigenvalue weighted by molar-refractivity contribution is -0.127. The number of nitrogens with zero attached hydrogens (tertiary/aromatic N) is 1. The van der Waals surface area contributed by atoms with Crippen molar-refractivity contribution in [3.8, 4) is 0 Å². The lowest BCUT2D eigenvalue weighted by atomic mass is 9.95. The summed E-state index contributed by atoms with van der Waals surface area (Å²) in [7, 11) is -3.75. The fourth-order valence-electron chi connectivity index (χ4n) is 4.13. The molecule has 0 bridgehead atoms. The van der Waals surface area contributed by atoms with E-state index in [9.17, 15) is 13.2 Å². The van der Waals surface area contributed by atoms with Crippen LogP contribution < -0.4 is 5.32 Å². The van der Waals surface area contributed by atoms with Crippen LogP contribution in [0.25, 0.3) is 0 Å². The van der Waals surface area contributed by atoms with E-state index in [1.807, 2.05) is 6.92 Å². The fourth-order valence-corrected chi connectivity index (χ4v) is 6.33. The molecule has 1 aliphatic heterocycles. The van der Waals surface area contributed by atoms with Crippen LogP contribution in [0.5, 0.6) is 0 Å². The van der Waals surface area contributed by atoms with Gasteiger partial charge < -0.3 is 5.32 Å². The predicted molar refractivity (Wildman–Crippen MR) is 123 cm³/mol. The highest BCUT2D eigenvalue weighted by atomic mass is 35.5. The van der Waals surface area contributed by atoms with Crippen molar-refractivity contribution in [2.24, 2.45) is 11.8 Å². The first kappa shape index (κ1) is 22.6. The molecule has 1 atom stereocenters. The van der Waals surface area contributed by atoms with E-state index < -0.39 is 10.0 Å². The summed E-state index contributed by atoms with van der Waals surface area (Å²) in [6, 6.07) is 12.9. The lowest BCUT2D eigenvalue weighted by Gasteiger charge is -2.32. The van der Waals surface area contributed by atoms with Crippen molar-refractivity contribution in [1.82, 2.24) is 9.62 Å². The van der Waals surface area contributed by atoms with E-state index in [-0.39, 0.29) is 45.9 Å². The average molecular weight is 481 g/mol. The topological polar surface area (TPSA) is 66.5 Å². The quantitative estimate of drug-likeness (QED) is 0.634. The van der Waals surface area contributed by atoms with Crippen LogP contribution in [-0.4, -0.2) is 31.7 Å². The number of benzene rings is 2. The standard InChI is InChI=1S/C23H26Cl2N2O3S/c1-15-5-7-16(8-6-15)22(17-9-10-17)26-23(28)18-11-13-27(14-12-18)31(29,30)20-4-2-3-19(24)21(20)25/h2-8,17-18,22H,9-14H2,1H3,(H,26,28)/t22-/m0/s1. The number of nitrogens with one attached hydrogen (secondary N) is 1. The molecule has 5 nitrogen and oxygen atoms in total. The number of amides is 1. The van der Waals surface area contributed by atoms with E-state index in [4.69, 9.17) is 23.2 Å². The Labute approximate surface area is 193 Å². The minimum Gasteiger partial charge on any atom is -0.349 e. The Morgan fingerprint density at radius 1 is 1.03 bits per heavy atom. The molecule has 8 heteroatoms. The molecule has 1 heterocycles. The second-order valence-corrected chi connectivity index (χ2v) is 11.2. The van der Waals surface area contributed by atoms with Crippen molar-refractivity contribution in [3.63, 3.8) is 0 Å². The SMILES string of the molecule is Cc1ccc([C@H](NC(=O)C2CCN(S(=O)(=O)c3cccc(Cl)c3Cl)CC2)C2CC2)cc1. The molecule has 1 amide bonds. The number of carbonyl (C=O) groups excluding carboxylic acids is 1. The molecule has 1 saturated carbocycles. The normalized spacial score (nSPS) is 19.2. The molecule has 2 aromatic carbocycles. The van der Waals surface area contributed by atoms with E-state index >= 15 is 0 Å². The monoisotopic (exact) mass is 480 g/mol. The smallest absolute Gasteiger partial charge is 0.244 e. The van der Waals surface area contributed by atoms with Gasteiger partial charge in [0.2, 0.25) is 15.9 Å². The molecule has 0 unspecified atom stereocenters. The van der Waals surface area contributed by atoms with Crippen LogP contribution in [0.15, 0.2) is 47.4 Å². The van der Waals surface area contributed by atoms with Crippen LogP contribution in [0, 0.1) is 18.8 Å². The van der Waals surface area contributed by atoms with Gasteiger partial charge in [-0.05, 0) is 56.2 Å². The first-order valence-electron chi connectivity index (χ1n) is 10.6. The van der Waals surface area contributed by atoms with E-state index in [0.29, 0.717) is 18.8 Å². The lowest BCUT2D eigenvalue weighted by Crippen LogP contribution is -2.44. The molecule has 1 saturated heterocycles. The van der Waals surface area contributed by atoms with E-state index in [2.05, 4.69) is 29.6 Å². The first-order chi connectivity index (χ1) is 14.8. The Bertz CT molecular complexity index is 1060. The number of sulfonamides is 1. The zero-order valence-electron chi connectivity index (χ0n) is 17.4. The number of hydrogen-bond acceptors (Lipinski definition) is 3. The van der Waals surface area contributed by atoms with Gasteiger partial charge >= 0.3 is 0 Å². The predicted octanol–water partition coefficient (Wildman–Crippen LogP) is 4.97. The Balaban J connectivity index is 1.40. The zero-order valence-corrected chi connectivity index (χ0v) is 19.7. The van der Waals surface area contributed by atoms with Gasteiger partial charge in [0.15, 0.2) is 0 Å². The maximum absolute atomic E-state index is 13.0. The second-order valence-electron chi connectivity index (χ2n) is 8.46. The number of carbonyl (C=O) groups is 1. The van der Waals surface area contributed by atoms with Gasteiger partial charge in [-0.15, -0.1) is 0 Å². The first-order valence-corrected chi connectivity index (χ1v) is 12.8. The minimum atomic E-state index is -3.75. The maximum atomic E-state index is 13.0. The highest BCUT2D eigenvalue weighted by molar-refractivity contribution is 7.89. The van der Waals surface area contributed by atoms with Gasteiger partial charge in [0.05, 0.1) is 16.1 Å². The molecular weight excluding hydrogens is 455 g/mol. The number of piperidine rings is 1. The zero-order chi connectivity index (χ0) is 22.2. The Kier molecular flexibility index (Phi) is 6.63. The van der Waals surface area contributed by atoms with Crippen molar-refractivity contribution in [2.75, 3.05) is 13.1 Å². The van der Waals surface area contributed by atoms with Crippen LogP contribution >= 0.6 is 23.2 Å². The van der Waals surface area contributed by atoms with Gasteiger partial charge in [0.25, 0.3) is 0 Å². The largest absolute Gasteiger partial charge is 0.349 e. The highest BCUT2D eigenvalue weighted by Crippen LogP contribution is 2.41. The van der Waals surface area contributed by atoms with E-state index in [1.165, 1.54) is 15.9 Å². The third kappa shape index (κ3) is 4.92. The number of rotatable bonds is 6. The summed E-state index contributed by atoms with van der Waals surface area (Å²) in [5.41, 5.74) is 2.33. The second kappa shape index (κ2) is 9.10. The van der Waals surface area contributed by atoms with Crippen LogP contribution in [0.4, 0.5) is 0 Å². The summed E-state index contributed by atoms with van der Waals surface area (Å²) in [6.45, 7) is 2.61.